The van der Waals surface area contributed by atoms with Gasteiger partial charge in [0.15, 0.2) is 0 Å². The molecule has 6 heteroatoms. The van der Waals surface area contributed by atoms with Crippen LogP contribution in [0.4, 0.5) is 0 Å². The highest BCUT2D eigenvalue weighted by atomic mass is 35.5. The van der Waals surface area contributed by atoms with Gasteiger partial charge in [-0.25, -0.2) is 0 Å². The van der Waals surface area contributed by atoms with Crippen molar-refractivity contribution in [1.82, 2.24) is 0 Å². The average molecular weight is 259 g/mol. The molecule has 0 heterocycles. The Kier molecular flexibility index (Phi) is 5.21. The molecule has 0 fully saturated rings. The minimum atomic E-state index is -0.532. The Balaban J connectivity index is 2.69. The molecule has 0 aromatic heterocycles. The van der Waals surface area contributed by atoms with Crippen LogP contribution in [0.3, 0.4) is 0 Å². The quantitative estimate of drug-likeness (QED) is 0.792. The van der Waals surface area contributed by atoms with Crippen molar-refractivity contribution in [3.8, 4) is 5.75 Å². The molecule has 0 spiro atoms. The topological polar surface area (TPSA) is 87.6 Å². The molecule has 4 N–H and O–H groups in total. The number of halogens is 1. The van der Waals surface area contributed by atoms with Gasteiger partial charge in [0.1, 0.15) is 12.4 Å². The van der Waals surface area contributed by atoms with E-state index in [0.717, 1.165) is 5.56 Å². The number of hydrogen-bond donors (Lipinski definition) is 2. The summed E-state index contributed by atoms with van der Waals surface area (Å²) in [4.78, 5) is 10.5. The lowest BCUT2D eigenvalue weighted by Gasteiger charge is -2.15. The highest BCUT2D eigenvalue weighted by Crippen LogP contribution is 2.27. The standard InChI is InChI=1S/C11H15ClN2O3/c1-16-10-3-2-7(12)4-8(10)9(13)5-17-6-11(14)15/h2-4,9H,5-6,13H2,1H3,(H2,14,15). The molecule has 1 aromatic carbocycles. The molecule has 1 amide bonds. The summed E-state index contributed by atoms with van der Waals surface area (Å²) in [5.41, 5.74) is 11.6. The molecule has 0 aliphatic carbocycles. The van der Waals surface area contributed by atoms with Crippen LogP contribution in [0.25, 0.3) is 0 Å². The van der Waals surface area contributed by atoms with Crippen molar-refractivity contribution in [2.75, 3.05) is 20.3 Å². The number of nitrogens with two attached hydrogens (primary N) is 2. The normalized spacial score (nSPS) is 12.2. The van der Waals surface area contributed by atoms with Gasteiger partial charge in [-0.3, -0.25) is 4.79 Å². The van der Waals surface area contributed by atoms with E-state index in [-0.39, 0.29) is 13.2 Å². The minimum absolute atomic E-state index is 0.156. The molecule has 0 aliphatic rings. The van der Waals surface area contributed by atoms with Crippen LogP contribution in [0.5, 0.6) is 5.75 Å². The molecule has 0 saturated heterocycles. The van der Waals surface area contributed by atoms with Crippen LogP contribution in [0.15, 0.2) is 18.2 Å². The smallest absolute Gasteiger partial charge is 0.243 e. The fourth-order valence-corrected chi connectivity index (χ4v) is 1.55. The van der Waals surface area contributed by atoms with Gasteiger partial charge in [0, 0.05) is 10.6 Å². The van der Waals surface area contributed by atoms with Crippen molar-refractivity contribution in [3.63, 3.8) is 0 Å². The molecule has 0 aliphatic heterocycles. The first-order chi connectivity index (χ1) is 8.04. The lowest BCUT2D eigenvalue weighted by Crippen LogP contribution is -2.23. The van der Waals surface area contributed by atoms with E-state index in [4.69, 9.17) is 32.5 Å². The van der Waals surface area contributed by atoms with Crippen LogP contribution in [-0.4, -0.2) is 26.2 Å². The van der Waals surface area contributed by atoms with Gasteiger partial charge in [-0.2, -0.15) is 0 Å². The molecule has 0 bridgehead atoms. The van der Waals surface area contributed by atoms with Crippen LogP contribution in [0, 0.1) is 0 Å². The van der Waals surface area contributed by atoms with Crippen molar-refractivity contribution in [2.45, 2.75) is 6.04 Å². The van der Waals surface area contributed by atoms with Crippen molar-refractivity contribution >= 4 is 17.5 Å². The van der Waals surface area contributed by atoms with E-state index in [2.05, 4.69) is 0 Å². The Bertz CT molecular complexity index is 398. The van der Waals surface area contributed by atoms with E-state index < -0.39 is 11.9 Å². The number of carbonyl (C=O) groups excluding carboxylic acids is 1. The summed E-state index contributed by atoms with van der Waals surface area (Å²) in [5.74, 6) is 0.0971. The highest BCUT2D eigenvalue weighted by molar-refractivity contribution is 6.30. The first kappa shape index (κ1) is 13.8. The summed E-state index contributed by atoms with van der Waals surface area (Å²) < 4.78 is 10.2. The largest absolute Gasteiger partial charge is 0.496 e. The van der Waals surface area contributed by atoms with Gasteiger partial charge in [-0.15, -0.1) is 0 Å². The van der Waals surface area contributed by atoms with Crippen molar-refractivity contribution in [2.24, 2.45) is 11.5 Å². The summed E-state index contributed by atoms with van der Waals surface area (Å²) in [5, 5.41) is 0.561. The SMILES string of the molecule is COc1ccc(Cl)cc1C(N)COCC(N)=O. The van der Waals surface area contributed by atoms with Crippen molar-refractivity contribution < 1.29 is 14.3 Å². The number of hydrogen-bond acceptors (Lipinski definition) is 4. The zero-order valence-electron chi connectivity index (χ0n) is 9.48. The molecular weight excluding hydrogens is 244 g/mol. The van der Waals surface area contributed by atoms with Gasteiger partial charge >= 0.3 is 0 Å². The molecule has 94 valence electrons. The maximum Gasteiger partial charge on any atom is 0.243 e. The van der Waals surface area contributed by atoms with Crippen molar-refractivity contribution in [1.29, 1.82) is 0 Å². The molecule has 1 unspecified atom stereocenters. The van der Waals surface area contributed by atoms with E-state index in [1.54, 1.807) is 25.3 Å². The first-order valence-electron chi connectivity index (χ1n) is 4.99. The lowest BCUT2D eigenvalue weighted by molar-refractivity contribution is -0.122. The fourth-order valence-electron chi connectivity index (χ4n) is 1.37. The maximum atomic E-state index is 10.5. The zero-order chi connectivity index (χ0) is 12.8. The Morgan fingerprint density at radius 3 is 2.82 bits per heavy atom. The van der Waals surface area contributed by atoms with Gasteiger partial charge in [-0.05, 0) is 18.2 Å². The number of benzene rings is 1. The molecule has 1 atom stereocenters. The first-order valence-corrected chi connectivity index (χ1v) is 5.37. The highest BCUT2D eigenvalue weighted by Gasteiger charge is 2.13. The molecule has 0 saturated carbocycles. The van der Waals surface area contributed by atoms with Gasteiger partial charge in [-0.1, -0.05) is 11.6 Å². The van der Waals surface area contributed by atoms with Crippen LogP contribution in [0.2, 0.25) is 5.02 Å². The summed E-state index contributed by atoms with van der Waals surface area (Å²) in [6.45, 7) is 0.0101. The third kappa shape index (κ3) is 4.22. The Hall–Kier alpha value is -1.30. The average Bonchev–Trinajstić information content (AvgIpc) is 2.28. The molecule has 1 aromatic rings. The molecule has 17 heavy (non-hydrogen) atoms. The van der Waals surface area contributed by atoms with Crippen LogP contribution in [-0.2, 0) is 9.53 Å². The molecular formula is C11H15ClN2O3. The van der Waals surface area contributed by atoms with E-state index in [1.807, 2.05) is 0 Å². The maximum absolute atomic E-state index is 10.5. The van der Waals surface area contributed by atoms with E-state index in [0.29, 0.717) is 10.8 Å². The Labute approximate surface area is 105 Å². The van der Waals surface area contributed by atoms with Crippen LogP contribution in [0.1, 0.15) is 11.6 Å². The summed E-state index contributed by atoms with van der Waals surface area (Å²) in [6.07, 6.45) is 0. The third-order valence-corrected chi connectivity index (χ3v) is 2.37. The monoisotopic (exact) mass is 258 g/mol. The molecule has 5 nitrogen and oxygen atoms in total. The van der Waals surface area contributed by atoms with Gasteiger partial charge < -0.3 is 20.9 Å². The number of primary amides is 1. The summed E-state index contributed by atoms with van der Waals surface area (Å²) in [7, 11) is 1.55. The van der Waals surface area contributed by atoms with E-state index in [1.165, 1.54) is 0 Å². The fraction of sp³-hybridized carbons (Fsp3) is 0.364. The van der Waals surface area contributed by atoms with E-state index in [9.17, 15) is 4.79 Å². The zero-order valence-corrected chi connectivity index (χ0v) is 10.2. The second-order valence-corrected chi connectivity index (χ2v) is 3.91. The predicted octanol–water partition coefficient (Wildman–Crippen LogP) is 0.850. The van der Waals surface area contributed by atoms with Gasteiger partial charge in [0.2, 0.25) is 5.91 Å². The Morgan fingerprint density at radius 1 is 1.53 bits per heavy atom. The number of ether oxygens (including phenoxy) is 2. The second-order valence-electron chi connectivity index (χ2n) is 3.47. The number of carbonyl (C=O) groups is 1. The van der Waals surface area contributed by atoms with Crippen LogP contribution >= 0.6 is 11.6 Å². The van der Waals surface area contributed by atoms with Gasteiger partial charge in [0.25, 0.3) is 0 Å². The van der Waals surface area contributed by atoms with Crippen molar-refractivity contribution in [3.05, 3.63) is 28.8 Å². The number of amides is 1. The third-order valence-electron chi connectivity index (χ3n) is 2.13. The van der Waals surface area contributed by atoms with E-state index >= 15 is 0 Å². The lowest BCUT2D eigenvalue weighted by atomic mass is 10.1. The molecule has 0 radical (unpaired) electrons. The summed E-state index contributed by atoms with van der Waals surface area (Å²) >= 11 is 5.88. The Morgan fingerprint density at radius 2 is 2.24 bits per heavy atom. The second kappa shape index (κ2) is 6.44. The summed E-state index contributed by atoms with van der Waals surface area (Å²) in [6, 6.07) is 4.72. The number of methoxy groups -OCH3 is 1. The number of rotatable bonds is 6. The van der Waals surface area contributed by atoms with Gasteiger partial charge in [0.05, 0.1) is 19.8 Å². The predicted molar refractivity (Wildman–Crippen MR) is 64.9 cm³/mol. The molecule has 1 rings (SSSR count). The minimum Gasteiger partial charge on any atom is -0.496 e. The van der Waals surface area contributed by atoms with Crippen LogP contribution < -0.4 is 16.2 Å².